The van der Waals surface area contributed by atoms with Crippen molar-refractivity contribution in [1.82, 2.24) is 4.72 Å². The lowest BCUT2D eigenvalue weighted by molar-refractivity contribution is -0.125. The van der Waals surface area contributed by atoms with Gasteiger partial charge < -0.3 is 0 Å². The maximum absolute atomic E-state index is 13.1. The maximum Gasteiger partial charge on any atom is 0.241 e. The van der Waals surface area contributed by atoms with Crippen LogP contribution >= 0.6 is 0 Å². The molecular formula is C24H25NO3S. The fraction of sp³-hybridized carbons (Fsp3) is 0.292. The third-order valence-electron chi connectivity index (χ3n) is 5.75. The Morgan fingerprint density at radius 3 is 2.38 bits per heavy atom. The van der Waals surface area contributed by atoms with E-state index in [2.05, 4.69) is 4.72 Å². The molecule has 3 aromatic carbocycles. The highest BCUT2D eigenvalue weighted by Gasteiger charge is 2.34. The van der Waals surface area contributed by atoms with Crippen LogP contribution in [-0.2, 0) is 14.8 Å². The van der Waals surface area contributed by atoms with Crippen LogP contribution in [0.1, 0.15) is 42.9 Å². The standard InChI is InChI=1S/C24H25NO3S/c1-17-10-14-21(15-11-17)29(27,28)25-24(22-8-4-5-9-23(22)26)20-13-12-18-6-2-3-7-19(18)16-20/h2-3,6-7,10-16,22,24-25H,4-5,8-9H2,1H3/t22-,24+/m0/s1. The molecule has 1 aliphatic rings. The van der Waals surface area contributed by atoms with Crippen molar-refractivity contribution in [3.63, 3.8) is 0 Å². The predicted molar refractivity (Wildman–Crippen MR) is 115 cm³/mol. The molecule has 0 radical (unpaired) electrons. The van der Waals surface area contributed by atoms with Gasteiger partial charge in [0.05, 0.1) is 10.9 Å². The Hall–Kier alpha value is -2.50. The zero-order chi connectivity index (χ0) is 20.4. The highest BCUT2D eigenvalue weighted by molar-refractivity contribution is 7.89. The Bertz CT molecular complexity index is 1140. The number of fused-ring (bicyclic) bond motifs is 1. The molecule has 0 heterocycles. The summed E-state index contributed by atoms with van der Waals surface area (Å²) in [7, 11) is -3.75. The van der Waals surface area contributed by atoms with E-state index in [-0.39, 0.29) is 16.6 Å². The highest BCUT2D eigenvalue weighted by Crippen LogP contribution is 2.34. The van der Waals surface area contributed by atoms with Gasteiger partial charge in [0.25, 0.3) is 0 Å². The first-order chi connectivity index (χ1) is 13.9. The molecule has 0 spiro atoms. The van der Waals surface area contributed by atoms with Crippen LogP contribution in [-0.4, -0.2) is 14.2 Å². The van der Waals surface area contributed by atoms with Crippen LogP contribution in [0, 0.1) is 12.8 Å². The maximum atomic E-state index is 13.1. The van der Waals surface area contributed by atoms with Gasteiger partial charge >= 0.3 is 0 Å². The molecule has 1 saturated carbocycles. The second kappa shape index (κ2) is 8.09. The van der Waals surface area contributed by atoms with Gasteiger partial charge in [-0.25, -0.2) is 13.1 Å². The Balaban J connectivity index is 1.75. The van der Waals surface area contributed by atoms with Crippen LogP contribution in [0.3, 0.4) is 0 Å². The lowest BCUT2D eigenvalue weighted by Gasteiger charge is -2.30. The SMILES string of the molecule is Cc1ccc(S(=O)(=O)N[C@H](c2ccc3ccccc3c2)[C@H]2CCCCC2=O)cc1. The zero-order valence-corrected chi connectivity index (χ0v) is 17.3. The summed E-state index contributed by atoms with van der Waals surface area (Å²) in [6.45, 7) is 1.92. The molecule has 4 nitrogen and oxygen atoms in total. The number of benzene rings is 3. The second-order valence-electron chi connectivity index (χ2n) is 7.84. The van der Waals surface area contributed by atoms with E-state index < -0.39 is 16.1 Å². The van der Waals surface area contributed by atoms with Gasteiger partial charge in [-0.3, -0.25) is 4.79 Å². The summed E-state index contributed by atoms with van der Waals surface area (Å²) >= 11 is 0. The van der Waals surface area contributed by atoms with E-state index in [1.165, 1.54) is 0 Å². The average molecular weight is 408 g/mol. The van der Waals surface area contributed by atoms with E-state index in [4.69, 9.17) is 0 Å². The van der Waals surface area contributed by atoms with Crippen molar-refractivity contribution in [2.75, 3.05) is 0 Å². The van der Waals surface area contributed by atoms with E-state index in [0.29, 0.717) is 12.8 Å². The predicted octanol–water partition coefficient (Wildman–Crippen LogP) is 4.93. The summed E-state index contributed by atoms with van der Waals surface area (Å²) < 4.78 is 29.1. The molecule has 0 unspecified atom stereocenters. The van der Waals surface area contributed by atoms with E-state index in [1.807, 2.05) is 49.4 Å². The molecule has 5 heteroatoms. The minimum atomic E-state index is -3.75. The van der Waals surface area contributed by atoms with Gasteiger partial charge in [-0.2, -0.15) is 0 Å². The molecule has 0 saturated heterocycles. The number of rotatable bonds is 5. The van der Waals surface area contributed by atoms with E-state index in [0.717, 1.165) is 34.7 Å². The van der Waals surface area contributed by atoms with E-state index in [9.17, 15) is 13.2 Å². The molecule has 0 aromatic heterocycles. The normalized spacial score (nSPS) is 18.7. The monoisotopic (exact) mass is 407 g/mol. The van der Waals surface area contributed by atoms with Gasteiger partial charge in [0, 0.05) is 12.3 Å². The van der Waals surface area contributed by atoms with Crippen molar-refractivity contribution in [2.45, 2.75) is 43.5 Å². The zero-order valence-electron chi connectivity index (χ0n) is 16.5. The van der Waals surface area contributed by atoms with Gasteiger partial charge in [0.15, 0.2) is 0 Å². The van der Waals surface area contributed by atoms with Crippen molar-refractivity contribution < 1.29 is 13.2 Å². The number of Topliss-reactive ketones (excluding diaryl/α,β-unsaturated/α-hetero) is 1. The molecule has 29 heavy (non-hydrogen) atoms. The summed E-state index contributed by atoms with van der Waals surface area (Å²) in [6, 6.07) is 20.1. The lowest BCUT2D eigenvalue weighted by Crippen LogP contribution is -2.38. The largest absolute Gasteiger partial charge is 0.299 e. The van der Waals surface area contributed by atoms with Gasteiger partial charge in [-0.1, -0.05) is 60.5 Å². The fourth-order valence-corrected chi connectivity index (χ4v) is 5.36. The number of sulfonamides is 1. The Morgan fingerprint density at radius 2 is 1.66 bits per heavy atom. The Labute approximate surface area is 172 Å². The summed E-state index contributed by atoms with van der Waals surface area (Å²) in [5, 5.41) is 2.12. The van der Waals surface area contributed by atoms with E-state index >= 15 is 0 Å². The molecular weight excluding hydrogens is 382 g/mol. The molecule has 1 fully saturated rings. The Kier molecular flexibility index (Phi) is 5.52. The lowest BCUT2D eigenvalue weighted by atomic mass is 9.80. The topological polar surface area (TPSA) is 63.2 Å². The van der Waals surface area contributed by atoms with Crippen molar-refractivity contribution in [3.05, 3.63) is 77.9 Å². The van der Waals surface area contributed by atoms with Crippen LogP contribution in [0.5, 0.6) is 0 Å². The first-order valence-corrected chi connectivity index (χ1v) is 11.5. The Morgan fingerprint density at radius 1 is 0.931 bits per heavy atom. The van der Waals surface area contributed by atoms with E-state index in [1.54, 1.807) is 24.3 Å². The third kappa shape index (κ3) is 4.26. The highest BCUT2D eigenvalue weighted by atomic mass is 32.2. The summed E-state index contributed by atoms with van der Waals surface area (Å²) in [5.41, 5.74) is 1.83. The number of ketones is 1. The fourth-order valence-electron chi connectivity index (χ4n) is 4.10. The minimum Gasteiger partial charge on any atom is -0.299 e. The van der Waals surface area contributed by atoms with Crippen molar-refractivity contribution in [1.29, 1.82) is 0 Å². The number of carbonyl (C=O) groups is 1. The molecule has 1 N–H and O–H groups in total. The summed E-state index contributed by atoms with van der Waals surface area (Å²) in [4.78, 5) is 12.9. The molecule has 150 valence electrons. The molecule has 3 aromatic rings. The first kappa shape index (κ1) is 19.8. The molecule has 2 atom stereocenters. The van der Waals surface area contributed by atoms with Crippen LogP contribution < -0.4 is 4.72 Å². The molecule has 0 aliphatic heterocycles. The number of hydrogen-bond acceptors (Lipinski definition) is 3. The van der Waals surface area contributed by atoms with Crippen LogP contribution in [0.25, 0.3) is 10.8 Å². The molecule has 0 bridgehead atoms. The van der Waals surface area contributed by atoms with Crippen LogP contribution in [0.15, 0.2) is 71.6 Å². The van der Waals surface area contributed by atoms with Gasteiger partial charge in [0.1, 0.15) is 5.78 Å². The molecule has 1 aliphatic carbocycles. The van der Waals surface area contributed by atoms with Crippen LogP contribution in [0.4, 0.5) is 0 Å². The van der Waals surface area contributed by atoms with Crippen molar-refractivity contribution in [3.8, 4) is 0 Å². The second-order valence-corrected chi connectivity index (χ2v) is 9.55. The number of nitrogens with one attached hydrogen (secondary N) is 1. The average Bonchev–Trinajstić information content (AvgIpc) is 2.73. The first-order valence-electron chi connectivity index (χ1n) is 10.0. The number of hydrogen-bond donors (Lipinski definition) is 1. The quantitative estimate of drug-likeness (QED) is 0.652. The van der Waals surface area contributed by atoms with Gasteiger partial charge in [0.2, 0.25) is 10.0 Å². The van der Waals surface area contributed by atoms with Crippen molar-refractivity contribution in [2.24, 2.45) is 5.92 Å². The van der Waals surface area contributed by atoms with Crippen LogP contribution in [0.2, 0.25) is 0 Å². The smallest absolute Gasteiger partial charge is 0.241 e. The summed E-state index contributed by atoms with van der Waals surface area (Å²) in [6.07, 6.45) is 3.03. The molecule has 0 amide bonds. The van der Waals surface area contributed by atoms with Gasteiger partial charge in [-0.15, -0.1) is 0 Å². The molecule has 4 rings (SSSR count). The number of carbonyl (C=O) groups excluding carboxylic acids is 1. The van der Waals surface area contributed by atoms with Crippen molar-refractivity contribution >= 4 is 26.6 Å². The summed E-state index contributed by atoms with van der Waals surface area (Å²) in [5.74, 6) is -0.203. The third-order valence-corrected chi connectivity index (χ3v) is 7.21. The minimum absolute atomic E-state index is 0.140. The van der Waals surface area contributed by atoms with Gasteiger partial charge in [-0.05, 0) is 54.3 Å². The number of aryl methyl sites for hydroxylation is 1.